The average molecular weight is 315 g/mol. The van der Waals surface area contributed by atoms with E-state index in [-0.39, 0.29) is 29.8 Å². The summed E-state index contributed by atoms with van der Waals surface area (Å²) >= 11 is 5.94. The van der Waals surface area contributed by atoms with Gasteiger partial charge in [-0.2, -0.15) is 5.10 Å². The molecule has 0 aromatic heterocycles. The number of amides is 1. The third kappa shape index (κ3) is 4.31. The van der Waals surface area contributed by atoms with E-state index in [2.05, 4.69) is 10.5 Å². The largest absolute Gasteiger partial charge is 0.273 e. The number of nitrogens with zero attached hydrogens (tertiary/aromatic N) is 1. The number of benzene rings is 1. The monoisotopic (exact) mass is 314 g/mol. The molecule has 0 radical (unpaired) electrons. The molecule has 1 aromatic carbocycles. The average Bonchev–Trinajstić information content (AvgIpc) is 2.71. The van der Waals surface area contributed by atoms with Crippen LogP contribution in [0.5, 0.6) is 0 Å². The first-order chi connectivity index (χ1) is 9.46. The fourth-order valence-corrected chi connectivity index (χ4v) is 4.14. The fourth-order valence-electron chi connectivity index (χ4n) is 2.09. The Balaban J connectivity index is 1.83. The second-order valence-corrected chi connectivity index (χ2v) is 7.42. The molecule has 1 aliphatic rings. The van der Waals surface area contributed by atoms with E-state index in [1.807, 2.05) is 6.07 Å². The number of nitrogens with one attached hydrogen (secondary N) is 1. The maximum Gasteiger partial charge on any atom is 0.240 e. The van der Waals surface area contributed by atoms with E-state index in [4.69, 9.17) is 11.6 Å². The molecule has 0 bridgehead atoms. The van der Waals surface area contributed by atoms with Gasteiger partial charge in [0.2, 0.25) is 5.91 Å². The van der Waals surface area contributed by atoms with E-state index in [9.17, 15) is 13.2 Å². The van der Waals surface area contributed by atoms with Crippen molar-refractivity contribution in [2.24, 2.45) is 11.0 Å². The number of sulfone groups is 1. The van der Waals surface area contributed by atoms with Gasteiger partial charge in [-0.25, -0.2) is 13.8 Å². The van der Waals surface area contributed by atoms with Gasteiger partial charge in [-0.15, -0.1) is 0 Å². The van der Waals surface area contributed by atoms with Crippen molar-refractivity contribution in [1.82, 2.24) is 5.43 Å². The Morgan fingerprint density at radius 2 is 2.20 bits per heavy atom. The van der Waals surface area contributed by atoms with Crippen molar-refractivity contribution in [3.05, 3.63) is 34.9 Å². The highest BCUT2D eigenvalue weighted by molar-refractivity contribution is 7.91. The normalized spacial score (nSPS) is 21.1. The van der Waals surface area contributed by atoms with Gasteiger partial charge < -0.3 is 0 Å². The molecule has 0 spiro atoms. The van der Waals surface area contributed by atoms with Crippen LogP contribution in [0.25, 0.3) is 0 Å². The van der Waals surface area contributed by atoms with Gasteiger partial charge >= 0.3 is 0 Å². The highest BCUT2D eigenvalue weighted by atomic mass is 35.5. The lowest BCUT2D eigenvalue weighted by atomic mass is 10.1. The van der Waals surface area contributed by atoms with Crippen LogP contribution in [0.15, 0.2) is 29.4 Å². The van der Waals surface area contributed by atoms with Gasteiger partial charge in [-0.1, -0.05) is 29.8 Å². The molecule has 2 rings (SSSR count). The molecule has 1 heterocycles. The van der Waals surface area contributed by atoms with Crippen molar-refractivity contribution < 1.29 is 13.2 Å². The molecule has 0 unspecified atom stereocenters. The van der Waals surface area contributed by atoms with Crippen LogP contribution in [-0.2, 0) is 14.6 Å². The predicted molar refractivity (Wildman–Crippen MR) is 78.6 cm³/mol. The number of carbonyl (C=O) groups is 1. The molecule has 1 aromatic rings. The molecular weight excluding hydrogens is 300 g/mol. The Morgan fingerprint density at radius 3 is 2.85 bits per heavy atom. The molecule has 5 nitrogen and oxygen atoms in total. The Bertz CT molecular complexity index is 628. The third-order valence-corrected chi connectivity index (χ3v) is 5.28. The molecule has 0 aliphatic carbocycles. The molecule has 1 saturated heterocycles. The summed E-state index contributed by atoms with van der Waals surface area (Å²) in [5, 5.41) is 4.37. The van der Waals surface area contributed by atoms with Gasteiger partial charge in [0.1, 0.15) is 0 Å². The molecule has 1 atom stereocenters. The van der Waals surface area contributed by atoms with Gasteiger partial charge in [0.05, 0.1) is 17.7 Å². The molecule has 1 fully saturated rings. The van der Waals surface area contributed by atoms with Crippen LogP contribution in [0.1, 0.15) is 18.4 Å². The summed E-state index contributed by atoms with van der Waals surface area (Å²) in [7, 11) is -2.95. The second-order valence-electron chi connectivity index (χ2n) is 4.79. The van der Waals surface area contributed by atoms with E-state index >= 15 is 0 Å². The minimum Gasteiger partial charge on any atom is -0.273 e. The van der Waals surface area contributed by atoms with Crippen molar-refractivity contribution in [3.8, 4) is 0 Å². The highest BCUT2D eigenvalue weighted by Gasteiger charge is 2.29. The minimum absolute atomic E-state index is 0.0919. The quantitative estimate of drug-likeness (QED) is 0.677. The predicted octanol–water partition coefficient (Wildman–Crippen LogP) is 1.61. The zero-order valence-corrected chi connectivity index (χ0v) is 12.3. The van der Waals surface area contributed by atoms with Crippen LogP contribution in [-0.4, -0.2) is 32.0 Å². The van der Waals surface area contributed by atoms with E-state index in [0.717, 1.165) is 0 Å². The summed E-state index contributed by atoms with van der Waals surface area (Å²) in [6.45, 7) is 0. The number of hydrazone groups is 1. The standard InChI is InChI=1S/C13H15ClN2O3S/c14-12-4-2-1-3-11(12)8-15-16-13(17)7-10-5-6-20(18,19)9-10/h1-4,8,10H,5-7,9H2,(H,16,17)/b15-8-/t10-/m1/s1. The molecule has 1 aliphatic heterocycles. The van der Waals surface area contributed by atoms with Crippen LogP contribution < -0.4 is 5.43 Å². The first-order valence-electron chi connectivity index (χ1n) is 6.23. The number of carbonyl (C=O) groups excluding carboxylic acids is 1. The van der Waals surface area contributed by atoms with Crippen LogP contribution in [0.4, 0.5) is 0 Å². The van der Waals surface area contributed by atoms with Gasteiger partial charge in [-0.05, 0) is 18.4 Å². The SMILES string of the molecule is O=C(C[C@H]1CCS(=O)(=O)C1)N/N=C\c1ccccc1Cl. The summed E-state index contributed by atoms with van der Waals surface area (Å²) in [5.74, 6) is -0.117. The van der Waals surface area contributed by atoms with Crippen molar-refractivity contribution in [3.63, 3.8) is 0 Å². The lowest BCUT2D eigenvalue weighted by Gasteiger charge is -2.05. The Morgan fingerprint density at radius 1 is 1.45 bits per heavy atom. The number of rotatable bonds is 4. The van der Waals surface area contributed by atoms with Crippen molar-refractivity contribution in [2.45, 2.75) is 12.8 Å². The molecule has 108 valence electrons. The Hall–Kier alpha value is -1.40. The molecule has 0 saturated carbocycles. The zero-order chi connectivity index (χ0) is 14.6. The van der Waals surface area contributed by atoms with E-state index in [1.165, 1.54) is 6.21 Å². The zero-order valence-electron chi connectivity index (χ0n) is 10.8. The van der Waals surface area contributed by atoms with Gasteiger partial charge in [0.15, 0.2) is 9.84 Å². The lowest BCUT2D eigenvalue weighted by Crippen LogP contribution is -2.21. The van der Waals surface area contributed by atoms with Gasteiger partial charge in [0, 0.05) is 17.0 Å². The van der Waals surface area contributed by atoms with E-state index in [1.54, 1.807) is 18.2 Å². The van der Waals surface area contributed by atoms with Crippen molar-refractivity contribution >= 4 is 33.6 Å². The molecule has 20 heavy (non-hydrogen) atoms. The van der Waals surface area contributed by atoms with Crippen molar-refractivity contribution in [2.75, 3.05) is 11.5 Å². The van der Waals surface area contributed by atoms with E-state index < -0.39 is 9.84 Å². The summed E-state index contributed by atoms with van der Waals surface area (Å²) in [4.78, 5) is 11.6. The number of halogens is 1. The summed E-state index contributed by atoms with van der Waals surface area (Å²) in [5.41, 5.74) is 3.10. The van der Waals surface area contributed by atoms with Gasteiger partial charge in [-0.3, -0.25) is 4.79 Å². The molecule has 1 amide bonds. The third-order valence-electron chi connectivity index (χ3n) is 3.10. The minimum atomic E-state index is -2.95. The van der Waals surface area contributed by atoms with Gasteiger partial charge in [0.25, 0.3) is 0 Å². The maximum absolute atomic E-state index is 11.6. The maximum atomic E-state index is 11.6. The summed E-state index contributed by atoms with van der Waals surface area (Å²) in [6.07, 6.45) is 2.19. The first-order valence-corrected chi connectivity index (χ1v) is 8.43. The Kier molecular flexibility index (Phi) is 4.77. The summed E-state index contributed by atoms with van der Waals surface area (Å²) < 4.78 is 22.6. The van der Waals surface area contributed by atoms with Crippen LogP contribution in [0.3, 0.4) is 0 Å². The lowest BCUT2D eigenvalue weighted by molar-refractivity contribution is -0.121. The first kappa shape index (κ1) is 15.0. The topological polar surface area (TPSA) is 75.6 Å². The smallest absolute Gasteiger partial charge is 0.240 e. The Labute approximate surface area is 122 Å². The number of hydrogen-bond acceptors (Lipinski definition) is 4. The van der Waals surface area contributed by atoms with Crippen LogP contribution in [0.2, 0.25) is 5.02 Å². The van der Waals surface area contributed by atoms with Crippen LogP contribution >= 0.6 is 11.6 Å². The second kappa shape index (κ2) is 6.37. The molecular formula is C13H15ClN2O3S. The van der Waals surface area contributed by atoms with Crippen molar-refractivity contribution in [1.29, 1.82) is 0 Å². The fraction of sp³-hybridized carbons (Fsp3) is 0.385. The highest BCUT2D eigenvalue weighted by Crippen LogP contribution is 2.21. The summed E-state index contributed by atoms with van der Waals surface area (Å²) in [6, 6.07) is 7.13. The molecule has 7 heteroatoms. The molecule has 1 N–H and O–H groups in total. The van der Waals surface area contributed by atoms with E-state index in [0.29, 0.717) is 17.0 Å². The number of hydrogen-bond donors (Lipinski definition) is 1. The van der Waals surface area contributed by atoms with Crippen LogP contribution in [0, 0.1) is 5.92 Å².